The molecule has 0 saturated heterocycles. The van der Waals surface area contributed by atoms with Crippen LogP contribution in [0.15, 0.2) is 4.42 Å². The van der Waals surface area contributed by atoms with Crippen LogP contribution in [-0.2, 0) is 0 Å². The first-order valence-electron chi connectivity index (χ1n) is 7.66. The Hall–Kier alpha value is -1.76. The highest BCUT2D eigenvalue weighted by molar-refractivity contribution is 6.10. The molecule has 2 aromatic carbocycles. The Morgan fingerprint density at radius 1 is 0.381 bits per heavy atom. The Balaban J connectivity index is 2.78. The van der Waals surface area contributed by atoms with Gasteiger partial charge < -0.3 is 4.42 Å². The van der Waals surface area contributed by atoms with Crippen molar-refractivity contribution in [2.45, 2.75) is 55.4 Å². The minimum absolute atomic E-state index is 1.04. The Bertz CT molecular complexity index is 834. The predicted molar refractivity (Wildman–Crippen MR) is 91.6 cm³/mol. The van der Waals surface area contributed by atoms with Crippen molar-refractivity contribution in [2.75, 3.05) is 0 Å². The van der Waals surface area contributed by atoms with Gasteiger partial charge in [0.25, 0.3) is 0 Å². The number of aryl methyl sites for hydroxylation is 6. The Kier molecular flexibility index (Phi) is 2.95. The lowest BCUT2D eigenvalue weighted by atomic mass is 9.84. The van der Waals surface area contributed by atoms with Gasteiger partial charge >= 0.3 is 0 Å². The van der Waals surface area contributed by atoms with Crippen molar-refractivity contribution >= 4 is 21.5 Å². The van der Waals surface area contributed by atoms with E-state index in [0.29, 0.717) is 0 Å². The molecule has 0 amide bonds. The largest absolute Gasteiger partial charge is 0.465 e. The van der Waals surface area contributed by atoms with Crippen LogP contribution >= 0.6 is 0 Å². The van der Waals surface area contributed by atoms with E-state index in [1.165, 1.54) is 54.9 Å². The van der Waals surface area contributed by atoms with Gasteiger partial charge in [-0.3, -0.25) is 0 Å². The van der Waals surface area contributed by atoms with Crippen LogP contribution in [0.3, 0.4) is 0 Å². The lowest BCUT2D eigenvalue weighted by molar-refractivity contribution is 0.510. The van der Waals surface area contributed by atoms with Gasteiger partial charge in [-0.25, -0.2) is 0 Å². The molecule has 1 heterocycles. The molecule has 0 aliphatic rings. The molecule has 3 rings (SSSR count). The number of benzene rings is 2. The number of hydrogen-bond acceptors (Lipinski definition) is 1. The zero-order chi connectivity index (χ0) is 15.6. The van der Waals surface area contributed by atoms with Crippen LogP contribution in [-0.4, -0.2) is 0 Å². The summed E-state index contributed by atoms with van der Waals surface area (Å²) in [5.74, 6) is 2.08. The molecule has 0 fully saturated rings. The summed E-state index contributed by atoms with van der Waals surface area (Å²) in [5.41, 5.74) is 8.38. The van der Waals surface area contributed by atoms with Gasteiger partial charge in [-0.15, -0.1) is 0 Å². The summed E-state index contributed by atoms with van der Waals surface area (Å²) < 4.78 is 5.94. The van der Waals surface area contributed by atoms with Crippen LogP contribution in [0.5, 0.6) is 0 Å². The molecule has 0 unspecified atom stereocenters. The molecule has 3 aromatic rings. The fraction of sp³-hybridized carbons (Fsp3) is 0.400. The minimum Gasteiger partial charge on any atom is -0.465 e. The van der Waals surface area contributed by atoms with Crippen molar-refractivity contribution in [2.24, 2.45) is 0 Å². The molecule has 0 atom stereocenters. The third-order valence-corrected chi connectivity index (χ3v) is 5.45. The summed E-state index contributed by atoms with van der Waals surface area (Å²) in [7, 11) is 0. The van der Waals surface area contributed by atoms with Gasteiger partial charge in [0.15, 0.2) is 0 Å². The maximum Gasteiger partial charge on any atom is 0.109 e. The Morgan fingerprint density at radius 3 is 1.05 bits per heavy atom. The van der Waals surface area contributed by atoms with Gasteiger partial charge in [0.1, 0.15) is 11.5 Å². The van der Waals surface area contributed by atoms with Crippen LogP contribution in [0.2, 0.25) is 0 Å². The van der Waals surface area contributed by atoms with Gasteiger partial charge in [-0.2, -0.15) is 0 Å². The van der Waals surface area contributed by atoms with Gasteiger partial charge in [0.2, 0.25) is 0 Å². The van der Waals surface area contributed by atoms with E-state index in [4.69, 9.17) is 4.42 Å². The molecule has 0 saturated carbocycles. The van der Waals surface area contributed by atoms with Crippen LogP contribution in [0, 0.1) is 55.4 Å². The highest BCUT2D eigenvalue weighted by atomic mass is 16.3. The average Bonchev–Trinajstić information content (AvgIpc) is 2.73. The van der Waals surface area contributed by atoms with E-state index in [0.717, 1.165) is 11.5 Å². The predicted octanol–water partition coefficient (Wildman–Crippen LogP) is 6.05. The molecule has 0 spiro atoms. The van der Waals surface area contributed by atoms with E-state index in [9.17, 15) is 0 Å². The maximum absolute atomic E-state index is 5.94. The van der Waals surface area contributed by atoms with E-state index in [2.05, 4.69) is 55.4 Å². The quantitative estimate of drug-likeness (QED) is 0.488. The van der Waals surface area contributed by atoms with Gasteiger partial charge in [-0.05, 0) is 99.5 Å². The van der Waals surface area contributed by atoms with Crippen molar-refractivity contribution < 1.29 is 4.42 Å². The van der Waals surface area contributed by atoms with Crippen molar-refractivity contribution in [3.63, 3.8) is 0 Å². The van der Waals surface area contributed by atoms with E-state index in [1.54, 1.807) is 0 Å². The molecule has 0 aliphatic heterocycles. The molecule has 0 radical (unpaired) electrons. The smallest absolute Gasteiger partial charge is 0.109 e. The fourth-order valence-corrected chi connectivity index (χ4v) is 4.09. The summed E-state index contributed by atoms with van der Waals surface area (Å²) in [4.78, 5) is 0. The normalized spacial score (nSPS) is 11.8. The standard InChI is InChI=1S/C20H24O/c1-9-10(2)12(4)18-14(6)20-16(8)21-15(7)19(20)13(5)17(18)11(9)3/h1-8H3. The summed E-state index contributed by atoms with van der Waals surface area (Å²) in [5, 5.41) is 5.46. The Labute approximate surface area is 127 Å². The van der Waals surface area contributed by atoms with E-state index in [1.807, 2.05) is 0 Å². The number of fused-ring (bicyclic) bond motifs is 2. The zero-order valence-electron chi connectivity index (χ0n) is 14.4. The van der Waals surface area contributed by atoms with Crippen LogP contribution in [0.1, 0.15) is 44.9 Å². The second-order valence-electron chi connectivity index (χ2n) is 6.46. The van der Waals surface area contributed by atoms with Gasteiger partial charge in [-0.1, -0.05) is 0 Å². The second-order valence-corrected chi connectivity index (χ2v) is 6.46. The SMILES string of the molecule is Cc1c(C)c(C)c2c(C)c3c(C)oc(C)c3c(C)c2c1C. The summed E-state index contributed by atoms with van der Waals surface area (Å²) >= 11 is 0. The number of hydrogen-bond donors (Lipinski definition) is 0. The molecular weight excluding hydrogens is 256 g/mol. The van der Waals surface area contributed by atoms with Crippen LogP contribution < -0.4 is 0 Å². The molecular formula is C20H24O. The molecule has 21 heavy (non-hydrogen) atoms. The molecule has 0 aliphatic carbocycles. The summed E-state index contributed by atoms with van der Waals surface area (Å²) in [6, 6.07) is 0. The van der Waals surface area contributed by atoms with Crippen LogP contribution in [0.4, 0.5) is 0 Å². The van der Waals surface area contributed by atoms with E-state index < -0.39 is 0 Å². The minimum atomic E-state index is 1.04. The van der Waals surface area contributed by atoms with Crippen molar-refractivity contribution in [3.8, 4) is 0 Å². The topological polar surface area (TPSA) is 13.1 Å². The van der Waals surface area contributed by atoms with E-state index >= 15 is 0 Å². The fourth-order valence-electron chi connectivity index (χ4n) is 4.09. The molecule has 110 valence electrons. The zero-order valence-corrected chi connectivity index (χ0v) is 14.4. The monoisotopic (exact) mass is 280 g/mol. The molecule has 0 bridgehead atoms. The first-order chi connectivity index (χ1) is 9.77. The third-order valence-electron chi connectivity index (χ3n) is 5.45. The molecule has 1 aromatic heterocycles. The molecule has 1 heteroatoms. The first kappa shape index (κ1) is 14.2. The van der Waals surface area contributed by atoms with Crippen molar-refractivity contribution in [1.29, 1.82) is 0 Å². The van der Waals surface area contributed by atoms with Crippen molar-refractivity contribution in [1.82, 2.24) is 0 Å². The van der Waals surface area contributed by atoms with Crippen molar-refractivity contribution in [3.05, 3.63) is 44.9 Å². The molecule has 1 nitrogen and oxygen atoms in total. The maximum atomic E-state index is 5.94. The third kappa shape index (κ3) is 1.64. The lowest BCUT2D eigenvalue weighted by Gasteiger charge is -2.19. The highest BCUT2D eigenvalue weighted by Gasteiger charge is 2.20. The summed E-state index contributed by atoms with van der Waals surface area (Å²) in [6.07, 6.45) is 0. The molecule has 0 N–H and O–H groups in total. The lowest BCUT2D eigenvalue weighted by Crippen LogP contribution is -1.98. The van der Waals surface area contributed by atoms with E-state index in [-0.39, 0.29) is 0 Å². The first-order valence-corrected chi connectivity index (χ1v) is 7.66. The second kappa shape index (κ2) is 4.37. The number of furan rings is 1. The highest BCUT2D eigenvalue weighted by Crippen LogP contribution is 2.41. The number of rotatable bonds is 0. The van der Waals surface area contributed by atoms with Crippen LogP contribution in [0.25, 0.3) is 21.5 Å². The van der Waals surface area contributed by atoms with Gasteiger partial charge in [0.05, 0.1) is 0 Å². The Morgan fingerprint density at radius 2 is 0.714 bits per heavy atom. The summed E-state index contributed by atoms with van der Waals surface area (Å²) in [6.45, 7) is 17.6. The van der Waals surface area contributed by atoms with Gasteiger partial charge in [0, 0.05) is 10.8 Å². The average molecular weight is 280 g/mol.